The Bertz CT molecular complexity index is 835. The molecular weight excluding hydrogens is 348 g/mol. The monoisotopic (exact) mass is 360 g/mol. The largest absolute Gasteiger partial charge is 0.398 e. The van der Waals surface area contributed by atoms with Crippen LogP contribution >= 0.6 is 15.9 Å². The van der Waals surface area contributed by atoms with Crippen LogP contribution in [0.2, 0.25) is 0 Å². The maximum Gasteiger partial charge on any atom is 0.0702 e. The Morgan fingerprint density at radius 2 is 2.00 bits per heavy atom. The van der Waals surface area contributed by atoms with Crippen LogP contribution in [0.1, 0.15) is 5.56 Å². The average Bonchev–Trinajstić information content (AvgIpc) is 2.47. The molecule has 1 atom stereocenters. The van der Waals surface area contributed by atoms with Crippen molar-refractivity contribution in [3.8, 4) is 0 Å². The molecule has 0 amide bonds. The zero-order chi connectivity index (χ0) is 14.8. The topological polar surface area (TPSA) is 56.0 Å². The number of pyridine rings is 1. The van der Waals surface area contributed by atoms with Crippen molar-refractivity contribution >= 4 is 43.3 Å². The predicted octanol–water partition coefficient (Wildman–Crippen LogP) is 3.89. The van der Waals surface area contributed by atoms with Gasteiger partial charge in [0.05, 0.1) is 27.0 Å². The van der Waals surface area contributed by atoms with Crippen LogP contribution < -0.4 is 5.73 Å². The number of halogens is 1. The normalized spacial score (nSPS) is 12.4. The van der Waals surface area contributed by atoms with Gasteiger partial charge in [-0.05, 0) is 42.0 Å². The molecule has 1 heterocycles. The SMILES string of the molecule is Nc1cc(Br)ccc1S(=O)Cc1ccc2ncccc2c1. The molecule has 1 unspecified atom stereocenters. The maximum absolute atomic E-state index is 12.5. The van der Waals surface area contributed by atoms with Crippen LogP contribution in [0.3, 0.4) is 0 Å². The van der Waals surface area contributed by atoms with Gasteiger partial charge >= 0.3 is 0 Å². The minimum absolute atomic E-state index is 0.441. The highest BCUT2D eigenvalue weighted by Crippen LogP contribution is 2.24. The number of nitrogens with zero attached hydrogens (tertiary/aromatic N) is 1. The molecule has 0 aliphatic carbocycles. The first-order valence-electron chi connectivity index (χ1n) is 6.40. The third-order valence-electron chi connectivity index (χ3n) is 3.18. The van der Waals surface area contributed by atoms with Crippen molar-refractivity contribution in [2.24, 2.45) is 0 Å². The predicted molar refractivity (Wildman–Crippen MR) is 90.4 cm³/mol. The van der Waals surface area contributed by atoms with Crippen molar-refractivity contribution in [3.05, 3.63) is 64.8 Å². The van der Waals surface area contributed by atoms with Gasteiger partial charge in [-0.2, -0.15) is 0 Å². The number of nitrogen functional groups attached to an aromatic ring is 1. The molecule has 0 spiro atoms. The second kappa shape index (κ2) is 5.95. The lowest BCUT2D eigenvalue weighted by Crippen LogP contribution is -2.01. The van der Waals surface area contributed by atoms with Crippen LogP contribution in [0.15, 0.2) is 64.1 Å². The van der Waals surface area contributed by atoms with Crippen LogP contribution in [-0.4, -0.2) is 9.19 Å². The molecule has 0 radical (unpaired) electrons. The number of rotatable bonds is 3. The van der Waals surface area contributed by atoms with Gasteiger partial charge in [-0.1, -0.05) is 28.1 Å². The molecule has 3 rings (SSSR count). The quantitative estimate of drug-likeness (QED) is 0.720. The highest BCUT2D eigenvalue weighted by atomic mass is 79.9. The Morgan fingerprint density at radius 3 is 2.81 bits per heavy atom. The van der Waals surface area contributed by atoms with Crippen molar-refractivity contribution in [1.82, 2.24) is 4.98 Å². The van der Waals surface area contributed by atoms with E-state index in [0.717, 1.165) is 20.9 Å². The highest BCUT2D eigenvalue weighted by Gasteiger charge is 2.10. The second-order valence-electron chi connectivity index (χ2n) is 4.70. The van der Waals surface area contributed by atoms with Gasteiger partial charge in [0, 0.05) is 21.7 Å². The molecule has 0 fully saturated rings. The zero-order valence-electron chi connectivity index (χ0n) is 11.1. The summed E-state index contributed by atoms with van der Waals surface area (Å²) in [4.78, 5) is 4.95. The molecule has 106 valence electrons. The summed E-state index contributed by atoms with van der Waals surface area (Å²) in [7, 11) is -1.16. The van der Waals surface area contributed by atoms with Crippen molar-refractivity contribution in [2.45, 2.75) is 10.6 Å². The number of aromatic nitrogens is 1. The van der Waals surface area contributed by atoms with E-state index in [0.29, 0.717) is 16.3 Å². The number of fused-ring (bicyclic) bond motifs is 1. The van der Waals surface area contributed by atoms with Crippen LogP contribution in [0.25, 0.3) is 10.9 Å². The summed E-state index contributed by atoms with van der Waals surface area (Å²) in [5.74, 6) is 0.441. The molecule has 0 aliphatic heterocycles. The molecule has 2 aromatic carbocycles. The van der Waals surface area contributed by atoms with Gasteiger partial charge in [-0.25, -0.2) is 0 Å². The van der Waals surface area contributed by atoms with E-state index in [1.165, 1.54) is 0 Å². The Morgan fingerprint density at radius 1 is 1.14 bits per heavy atom. The van der Waals surface area contributed by atoms with Crippen LogP contribution in [0.4, 0.5) is 5.69 Å². The third kappa shape index (κ3) is 3.14. The molecule has 1 aromatic heterocycles. The van der Waals surface area contributed by atoms with E-state index in [4.69, 9.17) is 5.73 Å². The molecule has 3 aromatic rings. The summed E-state index contributed by atoms with van der Waals surface area (Å²) in [5.41, 5.74) is 8.43. The van der Waals surface area contributed by atoms with Gasteiger partial charge in [-0.15, -0.1) is 0 Å². The lowest BCUT2D eigenvalue weighted by atomic mass is 10.1. The Labute approximate surface area is 133 Å². The van der Waals surface area contributed by atoms with Gasteiger partial charge in [0.25, 0.3) is 0 Å². The standard InChI is InChI=1S/C16H13BrN2OS/c17-13-4-6-16(14(18)9-13)21(20)10-11-3-5-15-12(8-11)2-1-7-19-15/h1-9H,10,18H2. The Balaban J connectivity index is 1.89. The first kappa shape index (κ1) is 14.2. The lowest BCUT2D eigenvalue weighted by Gasteiger charge is -2.07. The van der Waals surface area contributed by atoms with Gasteiger partial charge in [0.1, 0.15) is 0 Å². The smallest absolute Gasteiger partial charge is 0.0702 e. The van der Waals surface area contributed by atoms with Crippen molar-refractivity contribution < 1.29 is 4.21 Å². The number of anilines is 1. The van der Waals surface area contributed by atoms with Crippen LogP contribution in [0, 0.1) is 0 Å². The van der Waals surface area contributed by atoms with E-state index in [9.17, 15) is 4.21 Å². The van der Waals surface area contributed by atoms with Gasteiger partial charge < -0.3 is 5.73 Å². The first-order valence-corrected chi connectivity index (χ1v) is 8.52. The lowest BCUT2D eigenvalue weighted by molar-refractivity contribution is 0.683. The Kier molecular flexibility index (Phi) is 4.03. The van der Waals surface area contributed by atoms with Crippen molar-refractivity contribution in [1.29, 1.82) is 0 Å². The molecule has 5 heteroatoms. The van der Waals surface area contributed by atoms with Gasteiger partial charge in [-0.3, -0.25) is 9.19 Å². The zero-order valence-corrected chi connectivity index (χ0v) is 13.5. The van der Waals surface area contributed by atoms with E-state index in [1.54, 1.807) is 18.3 Å². The molecule has 0 bridgehead atoms. The van der Waals surface area contributed by atoms with Crippen molar-refractivity contribution in [3.63, 3.8) is 0 Å². The summed E-state index contributed by atoms with van der Waals surface area (Å²) in [6.45, 7) is 0. The van der Waals surface area contributed by atoms with Gasteiger partial charge in [0.15, 0.2) is 0 Å². The third-order valence-corrected chi connectivity index (χ3v) is 5.13. The summed E-state index contributed by atoms with van der Waals surface area (Å²) in [5, 5.41) is 1.05. The number of hydrogen-bond donors (Lipinski definition) is 1. The van der Waals surface area contributed by atoms with E-state index < -0.39 is 10.8 Å². The molecule has 21 heavy (non-hydrogen) atoms. The number of hydrogen-bond acceptors (Lipinski definition) is 3. The summed E-state index contributed by atoms with van der Waals surface area (Å²) < 4.78 is 13.4. The first-order chi connectivity index (χ1) is 10.1. The van der Waals surface area contributed by atoms with E-state index in [2.05, 4.69) is 20.9 Å². The van der Waals surface area contributed by atoms with Crippen LogP contribution in [0.5, 0.6) is 0 Å². The maximum atomic E-state index is 12.5. The Hall–Kier alpha value is -1.72. The molecule has 0 saturated heterocycles. The van der Waals surface area contributed by atoms with E-state index >= 15 is 0 Å². The fraction of sp³-hybridized carbons (Fsp3) is 0.0625. The molecule has 0 saturated carbocycles. The summed E-state index contributed by atoms with van der Waals surface area (Å²) >= 11 is 3.35. The number of nitrogens with two attached hydrogens (primary N) is 1. The van der Waals surface area contributed by atoms with E-state index in [-0.39, 0.29) is 0 Å². The minimum atomic E-state index is -1.16. The molecule has 3 nitrogen and oxygen atoms in total. The van der Waals surface area contributed by atoms with Gasteiger partial charge in [0.2, 0.25) is 0 Å². The van der Waals surface area contributed by atoms with Crippen molar-refractivity contribution in [2.75, 3.05) is 5.73 Å². The summed E-state index contributed by atoms with van der Waals surface area (Å²) in [6.07, 6.45) is 1.77. The summed E-state index contributed by atoms with van der Waals surface area (Å²) in [6, 6.07) is 15.3. The molecule has 2 N–H and O–H groups in total. The minimum Gasteiger partial charge on any atom is -0.398 e. The average molecular weight is 361 g/mol. The molecule has 0 aliphatic rings. The fourth-order valence-corrected chi connectivity index (χ4v) is 3.73. The number of benzene rings is 2. The fourth-order valence-electron chi connectivity index (χ4n) is 2.17. The second-order valence-corrected chi connectivity index (χ2v) is 7.04. The van der Waals surface area contributed by atoms with E-state index in [1.807, 2.05) is 36.4 Å². The highest BCUT2D eigenvalue weighted by molar-refractivity contribution is 9.10. The van der Waals surface area contributed by atoms with Crippen LogP contribution in [-0.2, 0) is 16.6 Å². The molecular formula is C16H13BrN2OS.